The van der Waals surface area contributed by atoms with E-state index in [0.717, 1.165) is 37.1 Å². The summed E-state index contributed by atoms with van der Waals surface area (Å²) in [4.78, 5) is 23.6. The highest BCUT2D eigenvalue weighted by Gasteiger charge is 2.09. The molecule has 2 rings (SSSR count). The van der Waals surface area contributed by atoms with E-state index < -0.39 is 0 Å². The van der Waals surface area contributed by atoms with E-state index in [4.69, 9.17) is 0 Å². The van der Waals surface area contributed by atoms with E-state index in [1.807, 2.05) is 54.6 Å². The van der Waals surface area contributed by atoms with Gasteiger partial charge in [-0.05, 0) is 31.4 Å². The van der Waals surface area contributed by atoms with Gasteiger partial charge in [0.2, 0.25) is 5.91 Å². The molecule has 1 amide bonds. The zero-order valence-electron chi connectivity index (χ0n) is 15.4. The molecule has 0 unspecified atom stereocenters. The first-order valence-electron chi connectivity index (χ1n) is 9.12. The highest BCUT2D eigenvalue weighted by atomic mass is 32.1. The Morgan fingerprint density at radius 2 is 1.67 bits per heavy atom. The molecular formula is C22H26N2O2S. The first kappa shape index (κ1) is 20.8. The Labute approximate surface area is 166 Å². The van der Waals surface area contributed by atoms with E-state index in [0.29, 0.717) is 17.7 Å². The zero-order valence-corrected chi connectivity index (χ0v) is 16.3. The number of anilines is 1. The maximum absolute atomic E-state index is 12.5. The number of allylic oxidation sites excluding steroid dienone is 1. The molecule has 0 aliphatic rings. The third kappa shape index (κ3) is 7.31. The molecule has 5 heteroatoms. The van der Waals surface area contributed by atoms with E-state index in [-0.39, 0.29) is 17.4 Å². The summed E-state index contributed by atoms with van der Waals surface area (Å²) in [5.41, 5.74) is 3.11. The van der Waals surface area contributed by atoms with Crippen LogP contribution in [0, 0.1) is 0 Å². The summed E-state index contributed by atoms with van der Waals surface area (Å²) in [6.45, 7) is 4.75. The number of nitrogens with one attached hydrogen (secondary N) is 2. The Kier molecular flexibility index (Phi) is 8.65. The van der Waals surface area contributed by atoms with Crippen LogP contribution in [0.5, 0.6) is 0 Å². The Balaban J connectivity index is 1.78. The third-order valence-electron chi connectivity index (χ3n) is 4.10. The SMILES string of the molecule is C=C(CCCCCNC(=O)CS)Nc1cccc(C(=O)c2ccccc2)c1. The van der Waals surface area contributed by atoms with Crippen molar-refractivity contribution in [1.29, 1.82) is 0 Å². The fraction of sp³-hybridized carbons (Fsp3) is 0.273. The molecule has 0 fully saturated rings. The van der Waals surface area contributed by atoms with Gasteiger partial charge in [0.15, 0.2) is 5.78 Å². The molecule has 4 nitrogen and oxygen atoms in total. The fourth-order valence-corrected chi connectivity index (χ4v) is 2.80. The Morgan fingerprint density at radius 3 is 2.41 bits per heavy atom. The van der Waals surface area contributed by atoms with Crippen molar-refractivity contribution in [3.05, 3.63) is 78.0 Å². The molecule has 2 N–H and O–H groups in total. The molecule has 0 saturated heterocycles. The van der Waals surface area contributed by atoms with Crippen LogP contribution in [0.25, 0.3) is 0 Å². The van der Waals surface area contributed by atoms with Crippen LogP contribution in [0.1, 0.15) is 41.6 Å². The lowest BCUT2D eigenvalue weighted by Gasteiger charge is -2.11. The smallest absolute Gasteiger partial charge is 0.229 e. The van der Waals surface area contributed by atoms with Gasteiger partial charge in [-0.25, -0.2) is 0 Å². The van der Waals surface area contributed by atoms with Gasteiger partial charge in [-0.1, -0.05) is 55.5 Å². The van der Waals surface area contributed by atoms with Gasteiger partial charge < -0.3 is 10.6 Å². The van der Waals surface area contributed by atoms with Crippen molar-refractivity contribution in [2.24, 2.45) is 0 Å². The number of hydrogen-bond acceptors (Lipinski definition) is 4. The van der Waals surface area contributed by atoms with Gasteiger partial charge in [-0.2, -0.15) is 12.6 Å². The number of ketones is 1. The van der Waals surface area contributed by atoms with Gasteiger partial charge in [-0.3, -0.25) is 9.59 Å². The Morgan fingerprint density at radius 1 is 0.926 bits per heavy atom. The lowest BCUT2D eigenvalue weighted by molar-refractivity contribution is -0.118. The number of thiol groups is 1. The van der Waals surface area contributed by atoms with Crippen molar-refractivity contribution in [2.45, 2.75) is 25.7 Å². The maximum atomic E-state index is 12.5. The second-order valence-electron chi connectivity index (χ2n) is 6.32. The van der Waals surface area contributed by atoms with Crippen molar-refractivity contribution >= 4 is 30.0 Å². The summed E-state index contributed by atoms with van der Waals surface area (Å²) in [6, 6.07) is 16.7. The lowest BCUT2D eigenvalue weighted by atomic mass is 10.0. The van der Waals surface area contributed by atoms with Gasteiger partial charge in [0, 0.05) is 29.1 Å². The minimum atomic E-state index is -0.0330. The molecule has 0 aliphatic heterocycles. The topological polar surface area (TPSA) is 58.2 Å². The van der Waals surface area contributed by atoms with Crippen LogP contribution in [0.2, 0.25) is 0 Å². The van der Waals surface area contributed by atoms with Crippen molar-refractivity contribution in [3.63, 3.8) is 0 Å². The Hall–Kier alpha value is -2.53. The largest absolute Gasteiger partial charge is 0.359 e. The number of unbranched alkanes of at least 4 members (excludes halogenated alkanes) is 2. The summed E-state index contributed by atoms with van der Waals surface area (Å²) < 4.78 is 0. The van der Waals surface area contributed by atoms with Crippen LogP contribution in [-0.2, 0) is 4.79 Å². The van der Waals surface area contributed by atoms with Crippen LogP contribution >= 0.6 is 12.6 Å². The van der Waals surface area contributed by atoms with Gasteiger partial charge in [0.1, 0.15) is 0 Å². The van der Waals surface area contributed by atoms with E-state index in [1.54, 1.807) is 0 Å². The fourth-order valence-electron chi connectivity index (χ4n) is 2.68. The van der Waals surface area contributed by atoms with Crippen LogP contribution in [0.4, 0.5) is 5.69 Å². The molecule has 142 valence electrons. The summed E-state index contributed by atoms with van der Waals surface area (Å²) in [6.07, 6.45) is 3.79. The lowest BCUT2D eigenvalue weighted by Crippen LogP contribution is -2.25. The summed E-state index contributed by atoms with van der Waals surface area (Å²) in [5.74, 6) is 0.203. The minimum Gasteiger partial charge on any atom is -0.359 e. The molecule has 0 saturated carbocycles. The average molecular weight is 383 g/mol. The molecule has 0 radical (unpaired) electrons. The van der Waals surface area contributed by atoms with Gasteiger partial charge in [0.05, 0.1) is 5.75 Å². The number of hydrogen-bond donors (Lipinski definition) is 3. The number of benzene rings is 2. The summed E-state index contributed by atoms with van der Waals surface area (Å²) in [5, 5.41) is 6.09. The van der Waals surface area contributed by atoms with Crippen molar-refractivity contribution in [1.82, 2.24) is 5.32 Å². The molecular weight excluding hydrogens is 356 g/mol. The van der Waals surface area contributed by atoms with Gasteiger partial charge in [-0.15, -0.1) is 0 Å². The first-order valence-corrected chi connectivity index (χ1v) is 9.75. The molecule has 0 aliphatic carbocycles. The zero-order chi connectivity index (χ0) is 19.5. The van der Waals surface area contributed by atoms with E-state index >= 15 is 0 Å². The van der Waals surface area contributed by atoms with E-state index in [1.165, 1.54) is 0 Å². The molecule has 0 bridgehead atoms. The highest BCUT2D eigenvalue weighted by molar-refractivity contribution is 7.81. The number of carbonyl (C=O) groups is 2. The number of amides is 1. The second-order valence-corrected chi connectivity index (χ2v) is 6.64. The first-order chi connectivity index (χ1) is 13.1. The predicted molar refractivity (Wildman–Crippen MR) is 114 cm³/mol. The van der Waals surface area contributed by atoms with Gasteiger partial charge >= 0.3 is 0 Å². The monoisotopic (exact) mass is 382 g/mol. The van der Waals surface area contributed by atoms with Crippen molar-refractivity contribution < 1.29 is 9.59 Å². The normalized spacial score (nSPS) is 10.3. The number of rotatable bonds is 11. The molecule has 0 heterocycles. The average Bonchev–Trinajstić information content (AvgIpc) is 2.70. The second kappa shape index (κ2) is 11.2. The van der Waals surface area contributed by atoms with Crippen molar-refractivity contribution in [3.8, 4) is 0 Å². The van der Waals surface area contributed by atoms with E-state index in [9.17, 15) is 9.59 Å². The standard InChI is InChI=1S/C22H26N2O2S/c1-17(9-4-3-7-14-23-21(25)16-27)24-20-13-8-12-19(15-20)22(26)18-10-5-2-6-11-18/h2,5-6,8,10-13,15,24,27H,1,3-4,7,9,14,16H2,(H,23,25). The maximum Gasteiger partial charge on any atom is 0.229 e. The molecule has 2 aromatic rings. The molecule has 2 aromatic carbocycles. The Bertz CT molecular complexity index is 775. The van der Waals surface area contributed by atoms with Crippen molar-refractivity contribution in [2.75, 3.05) is 17.6 Å². The van der Waals surface area contributed by atoms with Crippen LogP contribution in [0.3, 0.4) is 0 Å². The molecule has 0 spiro atoms. The third-order valence-corrected chi connectivity index (χ3v) is 4.39. The minimum absolute atomic E-state index is 0.00752. The summed E-state index contributed by atoms with van der Waals surface area (Å²) in [7, 11) is 0. The van der Waals surface area contributed by atoms with Crippen LogP contribution in [-0.4, -0.2) is 24.0 Å². The van der Waals surface area contributed by atoms with Crippen LogP contribution in [0.15, 0.2) is 66.9 Å². The highest BCUT2D eigenvalue weighted by Crippen LogP contribution is 2.18. The molecule has 0 atom stereocenters. The summed E-state index contributed by atoms with van der Waals surface area (Å²) >= 11 is 3.92. The molecule has 27 heavy (non-hydrogen) atoms. The van der Waals surface area contributed by atoms with E-state index in [2.05, 4.69) is 29.8 Å². The molecule has 0 aromatic heterocycles. The number of carbonyl (C=O) groups excluding carboxylic acids is 2. The quantitative estimate of drug-likeness (QED) is 0.306. The van der Waals surface area contributed by atoms with Crippen LogP contribution < -0.4 is 10.6 Å². The predicted octanol–water partition coefficient (Wildman–Crippen LogP) is 4.45. The van der Waals surface area contributed by atoms with Gasteiger partial charge in [0.25, 0.3) is 0 Å².